The zero-order valence-electron chi connectivity index (χ0n) is 12.1. The number of ether oxygens (including phenoxy) is 1. The van der Waals surface area contributed by atoms with Crippen LogP contribution in [0.15, 0.2) is 29.6 Å². The van der Waals surface area contributed by atoms with E-state index < -0.39 is 0 Å². The summed E-state index contributed by atoms with van der Waals surface area (Å²) in [6.45, 7) is 5.91. The van der Waals surface area contributed by atoms with Crippen molar-refractivity contribution >= 4 is 11.3 Å². The highest BCUT2D eigenvalue weighted by Crippen LogP contribution is 2.27. The van der Waals surface area contributed by atoms with Crippen LogP contribution in [0, 0.1) is 13.8 Å². The van der Waals surface area contributed by atoms with Crippen molar-refractivity contribution in [3.05, 3.63) is 51.2 Å². The Hall–Kier alpha value is -1.32. The van der Waals surface area contributed by atoms with Crippen LogP contribution < -0.4 is 10.1 Å². The van der Waals surface area contributed by atoms with Gasteiger partial charge in [0.05, 0.1) is 0 Å². The molecule has 1 aliphatic carbocycles. The van der Waals surface area contributed by atoms with Crippen molar-refractivity contribution in [2.45, 2.75) is 45.9 Å². The second kappa shape index (κ2) is 5.98. The minimum absolute atomic E-state index is 0.666. The van der Waals surface area contributed by atoms with E-state index in [1.165, 1.54) is 34.4 Å². The molecule has 0 amide bonds. The SMILES string of the molecule is Cc1cc(CNC2CC2)cc(C)c1OCc1cccs1. The Morgan fingerprint density at radius 2 is 2.00 bits per heavy atom. The summed E-state index contributed by atoms with van der Waals surface area (Å²) in [5.74, 6) is 1.04. The minimum Gasteiger partial charge on any atom is -0.488 e. The number of thiophene rings is 1. The monoisotopic (exact) mass is 287 g/mol. The summed E-state index contributed by atoms with van der Waals surface area (Å²) in [7, 11) is 0. The Kier molecular flexibility index (Phi) is 4.08. The Morgan fingerprint density at radius 1 is 1.25 bits per heavy atom. The molecule has 0 aliphatic heterocycles. The zero-order valence-corrected chi connectivity index (χ0v) is 12.9. The second-order valence-electron chi connectivity index (χ2n) is 5.58. The molecule has 1 fully saturated rings. The smallest absolute Gasteiger partial charge is 0.125 e. The van der Waals surface area contributed by atoms with Crippen LogP contribution in [0.3, 0.4) is 0 Å². The van der Waals surface area contributed by atoms with Crippen LogP contribution in [0.2, 0.25) is 0 Å². The molecule has 0 bridgehead atoms. The van der Waals surface area contributed by atoms with E-state index in [0.29, 0.717) is 6.61 Å². The molecule has 1 aromatic carbocycles. The van der Waals surface area contributed by atoms with E-state index in [0.717, 1.165) is 18.3 Å². The summed E-state index contributed by atoms with van der Waals surface area (Å²) in [6, 6.07) is 9.42. The van der Waals surface area contributed by atoms with Gasteiger partial charge in [-0.15, -0.1) is 11.3 Å². The lowest BCUT2D eigenvalue weighted by Gasteiger charge is -2.14. The fourth-order valence-corrected chi connectivity index (χ4v) is 3.07. The van der Waals surface area contributed by atoms with E-state index in [1.54, 1.807) is 11.3 Å². The van der Waals surface area contributed by atoms with Crippen LogP contribution in [0.25, 0.3) is 0 Å². The van der Waals surface area contributed by atoms with E-state index >= 15 is 0 Å². The molecule has 0 atom stereocenters. The Bertz CT molecular complexity index is 550. The number of rotatable bonds is 6. The fraction of sp³-hybridized carbons (Fsp3) is 0.412. The first-order valence-corrected chi connectivity index (χ1v) is 8.09. The average Bonchev–Trinajstić information content (AvgIpc) is 3.10. The molecule has 2 nitrogen and oxygen atoms in total. The first kappa shape index (κ1) is 13.7. The lowest BCUT2D eigenvalue weighted by atomic mass is 10.1. The van der Waals surface area contributed by atoms with Gasteiger partial charge < -0.3 is 10.1 Å². The van der Waals surface area contributed by atoms with Crippen LogP contribution in [-0.2, 0) is 13.2 Å². The van der Waals surface area contributed by atoms with E-state index in [2.05, 4.69) is 48.8 Å². The average molecular weight is 287 g/mol. The van der Waals surface area contributed by atoms with Gasteiger partial charge in [0.25, 0.3) is 0 Å². The molecule has 0 unspecified atom stereocenters. The van der Waals surface area contributed by atoms with Crippen LogP contribution in [-0.4, -0.2) is 6.04 Å². The topological polar surface area (TPSA) is 21.3 Å². The molecule has 1 N–H and O–H groups in total. The van der Waals surface area contributed by atoms with Crippen molar-refractivity contribution in [1.29, 1.82) is 0 Å². The van der Waals surface area contributed by atoms with Gasteiger partial charge in [0, 0.05) is 17.5 Å². The predicted molar refractivity (Wildman–Crippen MR) is 84.4 cm³/mol. The lowest BCUT2D eigenvalue weighted by molar-refractivity contribution is 0.305. The quantitative estimate of drug-likeness (QED) is 0.860. The number of hydrogen-bond donors (Lipinski definition) is 1. The maximum Gasteiger partial charge on any atom is 0.125 e. The van der Waals surface area contributed by atoms with Crippen LogP contribution in [0.5, 0.6) is 5.75 Å². The fourth-order valence-electron chi connectivity index (χ4n) is 2.46. The predicted octanol–water partition coefficient (Wildman–Crippen LogP) is 4.20. The highest BCUT2D eigenvalue weighted by Gasteiger charge is 2.20. The molecule has 0 saturated heterocycles. The standard InChI is InChI=1S/C17H21NOS/c1-12-8-14(10-18-15-5-6-15)9-13(2)17(12)19-11-16-4-3-7-20-16/h3-4,7-9,15,18H,5-6,10-11H2,1-2H3. The van der Waals surface area contributed by atoms with Gasteiger partial charge in [-0.05, 0) is 54.8 Å². The van der Waals surface area contributed by atoms with Crippen LogP contribution >= 0.6 is 11.3 Å². The maximum atomic E-state index is 5.99. The van der Waals surface area contributed by atoms with Crippen molar-refractivity contribution in [2.24, 2.45) is 0 Å². The van der Waals surface area contributed by atoms with Gasteiger partial charge in [0.2, 0.25) is 0 Å². The van der Waals surface area contributed by atoms with Crippen molar-refractivity contribution in [2.75, 3.05) is 0 Å². The zero-order chi connectivity index (χ0) is 13.9. The summed E-state index contributed by atoms with van der Waals surface area (Å²) >= 11 is 1.74. The van der Waals surface area contributed by atoms with Gasteiger partial charge in [0.1, 0.15) is 12.4 Å². The lowest BCUT2D eigenvalue weighted by Crippen LogP contribution is -2.15. The van der Waals surface area contributed by atoms with Gasteiger partial charge >= 0.3 is 0 Å². The summed E-state index contributed by atoms with van der Waals surface area (Å²) in [6.07, 6.45) is 2.67. The maximum absolute atomic E-state index is 5.99. The highest BCUT2D eigenvalue weighted by atomic mass is 32.1. The van der Waals surface area contributed by atoms with Gasteiger partial charge in [-0.2, -0.15) is 0 Å². The largest absolute Gasteiger partial charge is 0.488 e. The van der Waals surface area contributed by atoms with E-state index in [9.17, 15) is 0 Å². The van der Waals surface area contributed by atoms with Crippen LogP contribution in [0.1, 0.15) is 34.4 Å². The molecule has 0 spiro atoms. The first-order chi connectivity index (χ1) is 9.72. The van der Waals surface area contributed by atoms with Gasteiger partial charge in [-0.3, -0.25) is 0 Å². The number of hydrogen-bond acceptors (Lipinski definition) is 3. The minimum atomic E-state index is 0.666. The van der Waals surface area contributed by atoms with Crippen LogP contribution in [0.4, 0.5) is 0 Å². The normalized spacial score (nSPS) is 14.5. The molecule has 0 radical (unpaired) electrons. The summed E-state index contributed by atoms with van der Waals surface area (Å²) in [5.41, 5.74) is 3.82. The molecule has 106 valence electrons. The van der Waals surface area contributed by atoms with E-state index in [1.807, 2.05) is 0 Å². The Balaban J connectivity index is 1.67. The van der Waals surface area contributed by atoms with E-state index in [4.69, 9.17) is 4.74 Å². The van der Waals surface area contributed by atoms with Crippen molar-refractivity contribution in [1.82, 2.24) is 5.32 Å². The molecule has 1 aliphatic rings. The molecule has 2 aromatic rings. The van der Waals surface area contributed by atoms with Gasteiger partial charge in [-0.1, -0.05) is 18.2 Å². The molecule has 1 saturated carbocycles. The first-order valence-electron chi connectivity index (χ1n) is 7.21. The summed E-state index contributed by atoms with van der Waals surface area (Å²) in [5, 5.41) is 5.65. The summed E-state index contributed by atoms with van der Waals surface area (Å²) < 4.78 is 5.99. The third kappa shape index (κ3) is 3.41. The van der Waals surface area contributed by atoms with Crippen molar-refractivity contribution < 1.29 is 4.74 Å². The van der Waals surface area contributed by atoms with Gasteiger partial charge in [-0.25, -0.2) is 0 Å². The molecule has 1 heterocycles. The third-order valence-corrected chi connectivity index (χ3v) is 4.48. The number of nitrogens with one attached hydrogen (secondary N) is 1. The van der Waals surface area contributed by atoms with Crippen molar-refractivity contribution in [3.8, 4) is 5.75 Å². The molecule has 1 aromatic heterocycles. The Labute approximate surface area is 124 Å². The summed E-state index contributed by atoms with van der Waals surface area (Å²) in [4.78, 5) is 1.27. The molecule has 3 heteroatoms. The van der Waals surface area contributed by atoms with Crippen molar-refractivity contribution in [3.63, 3.8) is 0 Å². The van der Waals surface area contributed by atoms with E-state index in [-0.39, 0.29) is 0 Å². The molecular formula is C17H21NOS. The molecule has 20 heavy (non-hydrogen) atoms. The Morgan fingerprint density at radius 3 is 2.60 bits per heavy atom. The number of aryl methyl sites for hydroxylation is 2. The highest BCUT2D eigenvalue weighted by molar-refractivity contribution is 7.09. The molecule has 3 rings (SSSR count). The number of benzene rings is 1. The second-order valence-corrected chi connectivity index (χ2v) is 6.61. The molecular weight excluding hydrogens is 266 g/mol. The van der Waals surface area contributed by atoms with Gasteiger partial charge in [0.15, 0.2) is 0 Å². The third-order valence-electron chi connectivity index (χ3n) is 3.63.